The molecule has 0 radical (unpaired) electrons. The van der Waals surface area contributed by atoms with Crippen molar-refractivity contribution in [3.05, 3.63) is 60.7 Å². The molecule has 15 heteroatoms. The fourth-order valence-corrected chi connectivity index (χ4v) is 6.38. The van der Waals surface area contributed by atoms with Crippen LogP contribution in [-0.4, -0.2) is 136 Å². The zero-order valence-electron chi connectivity index (χ0n) is 53.4. The number of nitrogens with zero attached hydrogens (tertiary/aromatic N) is 3. The second-order valence-electron chi connectivity index (χ2n) is 21.7. The van der Waals surface area contributed by atoms with Gasteiger partial charge < -0.3 is 33.5 Å². The zero-order valence-corrected chi connectivity index (χ0v) is 53.4. The number of hydroxylamine groups is 2. The van der Waals surface area contributed by atoms with Crippen LogP contribution in [0.25, 0.3) is 0 Å². The third-order valence-electron chi connectivity index (χ3n) is 13.7. The van der Waals surface area contributed by atoms with Gasteiger partial charge in [-0.25, -0.2) is 9.59 Å². The van der Waals surface area contributed by atoms with Crippen LogP contribution in [0.1, 0.15) is 206 Å². The summed E-state index contributed by atoms with van der Waals surface area (Å²) in [5, 5.41) is 2.16. The number of carbonyl (C=O) groups excluding carboxylic acids is 6. The number of hydrogen-bond donors (Lipinski definition) is 0. The number of piperidine rings is 1. The van der Waals surface area contributed by atoms with Crippen molar-refractivity contribution in [2.24, 2.45) is 23.2 Å². The highest BCUT2D eigenvalue weighted by atomic mass is 16.7. The van der Waals surface area contributed by atoms with E-state index in [4.69, 9.17) is 23.8 Å². The van der Waals surface area contributed by atoms with Gasteiger partial charge in [0.2, 0.25) is 0 Å². The fourth-order valence-electron chi connectivity index (χ4n) is 6.38. The molecule has 6 atom stereocenters. The molecule has 1 aliphatic heterocycles. The Morgan fingerprint density at radius 1 is 0.705 bits per heavy atom. The summed E-state index contributed by atoms with van der Waals surface area (Å²) in [6.07, 6.45) is 12.1. The lowest BCUT2D eigenvalue weighted by molar-refractivity contribution is -0.315. The molecule has 0 aliphatic carbocycles. The van der Waals surface area contributed by atoms with Crippen molar-refractivity contribution in [2.45, 2.75) is 212 Å². The van der Waals surface area contributed by atoms with Crippen molar-refractivity contribution in [2.75, 3.05) is 74.3 Å². The Balaban J connectivity index is -0.000000438. The highest BCUT2D eigenvalue weighted by Gasteiger charge is 2.54. The number of hydrogen-bond acceptors (Lipinski definition) is 15. The minimum atomic E-state index is -0.341. The average molecular weight is 1110 g/mol. The average Bonchev–Trinajstić information content (AvgIpc) is 3.41. The molecular weight excluding hydrogens is 991 g/mol. The molecule has 1 fully saturated rings. The van der Waals surface area contributed by atoms with E-state index in [9.17, 15) is 28.8 Å². The Bertz CT molecular complexity index is 1760. The number of unbranched alkanes of at least 4 members (excludes halogenated alkanes) is 3. The van der Waals surface area contributed by atoms with Gasteiger partial charge in [-0.2, -0.15) is 5.06 Å². The summed E-state index contributed by atoms with van der Waals surface area (Å²) >= 11 is 0. The van der Waals surface area contributed by atoms with Crippen LogP contribution < -0.4 is 0 Å². The Morgan fingerprint density at radius 2 is 1.14 bits per heavy atom. The molecule has 0 aromatic heterocycles. The molecule has 15 nitrogen and oxygen atoms in total. The summed E-state index contributed by atoms with van der Waals surface area (Å²) in [5.74, 6) is -0.395. The minimum absolute atomic E-state index is 0.0184. The molecule has 1 aromatic carbocycles. The molecule has 0 saturated carbocycles. The van der Waals surface area contributed by atoms with Crippen LogP contribution in [0.4, 0.5) is 0 Å². The van der Waals surface area contributed by atoms with Gasteiger partial charge in [0, 0.05) is 37.1 Å². The highest BCUT2D eigenvalue weighted by Crippen LogP contribution is 2.45. The zero-order chi connectivity index (χ0) is 61.1. The van der Waals surface area contributed by atoms with Gasteiger partial charge in [0.15, 0.2) is 0 Å². The molecule has 0 spiro atoms. The predicted molar refractivity (Wildman–Crippen MR) is 319 cm³/mol. The number of benzene rings is 1. The second-order valence-corrected chi connectivity index (χ2v) is 21.7. The lowest BCUT2D eigenvalue weighted by Gasteiger charge is -2.56. The molecule has 0 N–H and O–H groups in total. The van der Waals surface area contributed by atoms with Gasteiger partial charge in [0.25, 0.3) is 0 Å². The van der Waals surface area contributed by atoms with E-state index in [0.29, 0.717) is 50.8 Å². The standard InChI is InChI=1S/C20H31NO2.C10H21NO2.2C9H18O2.C8H15NO2.C7H12O2/c1-7-19(5)14-18(22)15(3)20(6,8-2)21(19)23-16(4)17-12-10-9-11-13-17;1-6-10(2,3)9(12)13-8-7-11(4)5;2*1-4-6-7-11-9(10)8(3)5-2;1-7(2)8(10)11-6-5-9(3)4;1-3-5-6-9-7(8)4-2/h9-13,15-16H,7-8,14H2,1-6H3;6-8H2,1-5H3;2*8H,4-7H2,1-3H3;1,5-6H2,2-4H3;4H,2-3,5-6H2,1H3. The first kappa shape index (κ1) is 80.0. The van der Waals surface area contributed by atoms with Crippen LogP contribution in [0.5, 0.6) is 0 Å². The van der Waals surface area contributed by atoms with Crippen LogP contribution in [0.3, 0.4) is 0 Å². The Kier molecular flexibility index (Phi) is 47.5. The maximum absolute atomic E-state index is 12.6. The van der Waals surface area contributed by atoms with Gasteiger partial charge >= 0.3 is 29.8 Å². The third kappa shape index (κ3) is 36.7. The van der Waals surface area contributed by atoms with Crippen molar-refractivity contribution in [3.8, 4) is 0 Å². The van der Waals surface area contributed by atoms with E-state index < -0.39 is 0 Å². The number of carbonyl (C=O) groups is 6. The number of ketones is 1. The van der Waals surface area contributed by atoms with Crippen molar-refractivity contribution in [1.29, 1.82) is 0 Å². The number of esters is 5. The molecule has 0 bridgehead atoms. The minimum Gasteiger partial charge on any atom is -0.465 e. The first-order valence-corrected chi connectivity index (χ1v) is 28.9. The van der Waals surface area contributed by atoms with Crippen LogP contribution in [-0.2, 0) is 57.3 Å². The van der Waals surface area contributed by atoms with Gasteiger partial charge in [-0.3, -0.25) is 24.0 Å². The molecule has 1 aromatic rings. The summed E-state index contributed by atoms with van der Waals surface area (Å²) in [7, 11) is 7.76. The fraction of sp³-hybridized carbons (Fsp3) is 0.746. The maximum atomic E-state index is 12.6. The molecule has 1 heterocycles. The number of Topliss-reactive ketones (excluding diaryl/α,β-unsaturated/α-hetero) is 1. The molecule has 454 valence electrons. The summed E-state index contributed by atoms with van der Waals surface area (Å²) in [6, 6.07) is 10.3. The van der Waals surface area contributed by atoms with Crippen molar-refractivity contribution in [3.63, 3.8) is 0 Å². The lowest BCUT2D eigenvalue weighted by atomic mass is 9.70. The molecule has 78 heavy (non-hydrogen) atoms. The van der Waals surface area contributed by atoms with E-state index in [0.717, 1.165) is 89.3 Å². The van der Waals surface area contributed by atoms with Crippen molar-refractivity contribution >= 4 is 35.6 Å². The SMILES string of the molecule is C=C(C)C(=O)OCCN(C)C.C=CC(=O)OCCCC.CCC(C)(C)C(=O)OCCN(C)C.CCC1(C)CC(=O)C(C)C(C)(CC)N1OC(C)c1ccccc1.CCCCOC(=O)C(C)CC.CCCCOC(=O)C(C)CC. The predicted octanol–water partition coefficient (Wildman–Crippen LogP) is 13.4. The first-order chi connectivity index (χ1) is 36.5. The second kappa shape index (κ2) is 46.3. The van der Waals surface area contributed by atoms with E-state index in [2.05, 4.69) is 83.6 Å². The van der Waals surface area contributed by atoms with Crippen LogP contribution in [0.15, 0.2) is 55.1 Å². The smallest absolute Gasteiger partial charge is 0.333 e. The Morgan fingerprint density at radius 3 is 1.50 bits per heavy atom. The number of rotatable bonds is 28. The maximum Gasteiger partial charge on any atom is 0.333 e. The van der Waals surface area contributed by atoms with Crippen LogP contribution in [0.2, 0.25) is 0 Å². The largest absolute Gasteiger partial charge is 0.465 e. The van der Waals surface area contributed by atoms with Gasteiger partial charge in [-0.1, -0.05) is 139 Å². The molecular formula is C63H115N3O12. The van der Waals surface area contributed by atoms with E-state index >= 15 is 0 Å². The van der Waals surface area contributed by atoms with Crippen LogP contribution in [0, 0.1) is 23.2 Å². The van der Waals surface area contributed by atoms with Gasteiger partial charge in [0.1, 0.15) is 25.1 Å². The van der Waals surface area contributed by atoms with E-state index in [1.54, 1.807) is 6.92 Å². The molecule has 1 saturated heterocycles. The molecule has 6 unspecified atom stereocenters. The molecule has 1 aliphatic rings. The Labute approximate surface area is 476 Å². The summed E-state index contributed by atoms with van der Waals surface area (Å²) < 4.78 is 24.6. The van der Waals surface area contributed by atoms with E-state index in [1.165, 1.54) is 6.08 Å². The van der Waals surface area contributed by atoms with Gasteiger partial charge in [-0.15, -0.1) is 0 Å². The molecule has 2 rings (SSSR count). The monoisotopic (exact) mass is 1110 g/mol. The summed E-state index contributed by atoms with van der Waals surface area (Å²) in [6.45, 7) is 45.0. The number of likely N-dealkylation sites (N-methyl/N-ethyl adjacent to an activating group) is 2. The highest BCUT2D eigenvalue weighted by molar-refractivity contribution is 5.87. The number of ether oxygens (including phenoxy) is 5. The summed E-state index contributed by atoms with van der Waals surface area (Å²) in [4.78, 5) is 77.6. The van der Waals surface area contributed by atoms with Crippen molar-refractivity contribution < 1.29 is 57.3 Å². The van der Waals surface area contributed by atoms with Gasteiger partial charge in [0.05, 0.1) is 48.1 Å². The first-order valence-electron chi connectivity index (χ1n) is 28.9. The third-order valence-corrected chi connectivity index (χ3v) is 13.7. The van der Waals surface area contributed by atoms with E-state index in [-0.39, 0.29) is 70.2 Å². The normalized spacial score (nSPS) is 17.8. The Hall–Kier alpha value is -4.44. The van der Waals surface area contributed by atoms with Crippen molar-refractivity contribution in [1.82, 2.24) is 14.9 Å². The quantitative estimate of drug-likeness (QED) is 0.0336. The topological polar surface area (TPSA) is 168 Å². The summed E-state index contributed by atoms with van der Waals surface area (Å²) in [5.41, 5.74) is 0.741. The lowest BCUT2D eigenvalue weighted by Crippen LogP contribution is -2.66. The van der Waals surface area contributed by atoms with E-state index in [1.807, 2.05) is 119 Å². The van der Waals surface area contributed by atoms with Gasteiger partial charge in [-0.05, 0) is 127 Å². The van der Waals surface area contributed by atoms with Crippen LogP contribution >= 0.6 is 0 Å². The molecule has 0 amide bonds.